The minimum absolute atomic E-state index is 0.217. The molecule has 0 heterocycles. The van der Waals surface area contributed by atoms with Crippen LogP contribution in [0.4, 0.5) is 0 Å². The summed E-state index contributed by atoms with van der Waals surface area (Å²) in [4.78, 5) is 10.4. The topological polar surface area (TPSA) is 26.3 Å². The van der Waals surface area contributed by atoms with E-state index in [4.69, 9.17) is 4.74 Å². The average molecular weight is 222 g/mol. The van der Waals surface area contributed by atoms with E-state index < -0.39 is 0 Å². The van der Waals surface area contributed by atoms with Crippen LogP contribution in [-0.2, 0) is 16.0 Å². The molecule has 0 amide bonds. The maximum Gasteiger partial charge on any atom is 0.302 e. The summed E-state index contributed by atoms with van der Waals surface area (Å²) in [5.41, 5.74) is 1.19. The number of carbonyl (C=O) groups excluding carboxylic acids is 1. The summed E-state index contributed by atoms with van der Waals surface area (Å²) in [6.07, 6.45) is 0.792. The second-order valence-corrected chi connectivity index (χ2v) is 2.58. The highest BCUT2D eigenvalue weighted by atomic mass is 16.5. The third-order valence-electron chi connectivity index (χ3n) is 1.54. The Labute approximate surface area is 98.9 Å². The highest BCUT2D eigenvalue weighted by Gasteiger charge is 1.93. The van der Waals surface area contributed by atoms with E-state index in [0.29, 0.717) is 6.61 Å². The molecule has 0 saturated carbocycles. The maximum atomic E-state index is 10.4. The van der Waals surface area contributed by atoms with Gasteiger partial charge in [-0.25, -0.2) is 0 Å². The van der Waals surface area contributed by atoms with Crippen LogP contribution in [0, 0.1) is 0 Å². The first-order chi connectivity index (χ1) is 7.79. The Morgan fingerprint density at radius 1 is 1.19 bits per heavy atom. The first-order valence-corrected chi connectivity index (χ1v) is 5.46. The van der Waals surface area contributed by atoms with Gasteiger partial charge < -0.3 is 4.74 Å². The van der Waals surface area contributed by atoms with Gasteiger partial charge in [-0.3, -0.25) is 4.79 Å². The van der Waals surface area contributed by atoms with Crippen LogP contribution < -0.4 is 0 Å². The second kappa shape index (κ2) is 13.4. The van der Waals surface area contributed by atoms with Crippen LogP contribution in [0.1, 0.15) is 26.3 Å². The largest absolute Gasteiger partial charge is 0.466 e. The first-order valence-electron chi connectivity index (χ1n) is 5.46. The predicted molar refractivity (Wildman–Crippen MR) is 69.4 cm³/mol. The molecule has 0 aromatic heterocycles. The number of hydrogen-bond acceptors (Lipinski definition) is 2. The highest BCUT2D eigenvalue weighted by molar-refractivity contribution is 5.65. The lowest BCUT2D eigenvalue weighted by Gasteiger charge is -2.00. The van der Waals surface area contributed by atoms with Crippen LogP contribution in [0.25, 0.3) is 0 Å². The quantitative estimate of drug-likeness (QED) is 0.576. The van der Waals surface area contributed by atoms with Crippen molar-refractivity contribution in [3.8, 4) is 0 Å². The van der Waals surface area contributed by atoms with Crippen molar-refractivity contribution in [1.29, 1.82) is 0 Å². The average Bonchev–Trinajstić information content (AvgIpc) is 2.35. The van der Waals surface area contributed by atoms with E-state index in [1.165, 1.54) is 12.5 Å². The van der Waals surface area contributed by atoms with E-state index in [1.807, 2.05) is 44.2 Å². The van der Waals surface area contributed by atoms with Crippen molar-refractivity contribution < 1.29 is 9.53 Å². The van der Waals surface area contributed by atoms with Crippen LogP contribution >= 0.6 is 0 Å². The molecule has 1 rings (SSSR count). The summed E-state index contributed by atoms with van der Waals surface area (Å²) < 4.78 is 4.81. The zero-order valence-corrected chi connectivity index (χ0v) is 10.5. The van der Waals surface area contributed by atoms with E-state index in [-0.39, 0.29) is 5.97 Å². The lowest BCUT2D eigenvalue weighted by atomic mass is 10.2. The number of hydrogen-bond donors (Lipinski definition) is 0. The Morgan fingerprint density at radius 3 is 2.12 bits per heavy atom. The van der Waals surface area contributed by atoms with Crippen molar-refractivity contribution in [3.63, 3.8) is 0 Å². The zero-order chi connectivity index (χ0) is 12.8. The molecule has 0 aliphatic heterocycles. The molecule has 2 nitrogen and oxygen atoms in total. The molecule has 0 atom stereocenters. The Balaban J connectivity index is 0. The summed E-state index contributed by atoms with van der Waals surface area (Å²) in [6.45, 7) is 11.9. The van der Waals surface area contributed by atoms with Gasteiger partial charge in [0.05, 0.1) is 6.61 Å². The van der Waals surface area contributed by atoms with Gasteiger partial charge in [0.2, 0.25) is 0 Å². The summed E-state index contributed by atoms with van der Waals surface area (Å²) in [7, 11) is 0. The summed E-state index contributed by atoms with van der Waals surface area (Å²) in [5.74, 6) is -0.217. The van der Waals surface area contributed by atoms with E-state index >= 15 is 0 Å². The highest BCUT2D eigenvalue weighted by Crippen LogP contribution is 1.99. The van der Waals surface area contributed by atoms with Crippen molar-refractivity contribution in [3.05, 3.63) is 49.1 Å². The van der Waals surface area contributed by atoms with Crippen LogP contribution in [0.2, 0.25) is 0 Å². The molecule has 0 spiro atoms. The molecule has 2 heteroatoms. The fourth-order valence-electron chi connectivity index (χ4n) is 0.957. The number of esters is 1. The molecule has 0 aliphatic rings. The van der Waals surface area contributed by atoms with Crippen molar-refractivity contribution in [1.82, 2.24) is 0 Å². The van der Waals surface area contributed by atoms with Crippen molar-refractivity contribution in [2.24, 2.45) is 0 Å². The molecule has 16 heavy (non-hydrogen) atoms. The molecule has 0 bridgehead atoms. The Morgan fingerprint density at radius 2 is 1.69 bits per heavy atom. The molecular weight excluding hydrogens is 200 g/mol. The molecule has 0 aliphatic carbocycles. The Kier molecular flexibility index (Phi) is 14.1. The lowest BCUT2D eigenvalue weighted by Crippen LogP contribution is -2.02. The fourth-order valence-corrected chi connectivity index (χ4v) is 0.957. The lowest BCUT2D eigenvalue weighted by molar-refractivity contribution is -0.140. The van der Waals surface area contributed by atoms with Gasteiger partial charge in [-0.05, 0) is 5.56 Å². The third-order valence-corrected chi connectivity index (χ3v) is 1.54. The van der Waals surface area contributed by atoms with Crippen LogP contribution in [0.3, 0.4) is 0 Å². The molecule has 0 N–H and O–H groups in total. The van der Waals surface area contributed by atoms with Gasteiger partial charge in [-0.1, -0.05) is 44.2 Å². The van der Waals surface area contributed by atoms with Gasteiger partial charge in [0.15, 0.2) is 0 Å². The van der Waals surface area contributed by atoms with E-state index in [2.05, 4.69) is 13.2 Å². The summed E-state index contributed by atoms with van der Waals surface area (Å²) in [5, 5.41) is 0. The number of carbonyl (C=O) groups is 1. The Bertz CT molecular complexity index is 255. The van der Waals surface area contributed by atoms with Gasteiger partial charge in [0.1, 0.15) is 0 Å². The van der Waals surface area contributed by atoms with Gasteiger partial charge in [0.25, 0.3) is 0 Å². The normalized spacial score (nSPS) is 7.69. The van der Waals surface area contributed by atoms with Crippen molar-refractivity contribution in [2.45, 2.75) is 27.2 Å². The third kappa shape index (κ3) is 10.5. The molecule has 1 aromatic carbocycles. The van der Waals surface area contributed by atoms with Gasteiger partial charge in [-0.15, -0.1) is 13.2 Å². The molecule has 0 fully saturated rings. The minimum Gasteiger partial charge on any atom is -0.466 e. The van der Waals surface area contributed by atoms with Gasteiger partial charge in [0, 0.05) is 13.3 Å². The number of ether oxygens (including phenoxy) is 1. The summed E-state index contributed by atoms with van der Waals surface area (Å²) >= 11 is 0. The maximum absolute atomic E-state index is 10.4. The standard InChI is InChI=1S/C10H12O2.C2H6.C2H4/c1-9(11)12-8-7-10-5-3-2-4-6-10;2*1-2/h2-6H,7-8H2,1H3;1-2H3;1-2H2. The van der Waals surface area contributed by atoms with Gasteiger partial charge >= 0.3 is 5.97 Å². The van der Waals surface area contributed by atoms with Crippen molar-refractivity contribution >= 4 is 5.97 Å². The Hall–Kier alpha value is -1.57. The first kappa shape index (κ1) is 16.8. The van der Waals surface area contributed by atoms with Gasteiger partial charge in [-0.2, -0.15) is 0 Å². The number of rotatable bonds is 3. The predicted octanol–water partition coefficient (Wildman–Crippen LogP) is 3.62. The second-order valence-electron chi connectivity index (χ2n) is 2.58. The summed E-state index contributed by atoms with van der Waals surface area (Å²) in [6, 6.07) is 9.95. The SMILES string of the molecule is C=C.CC.CC(=O)OCCc1ccccc1. The van der Waals surface area contributed by atoms with Crippen LogP contribution in [0.5, 0.6) is 0 Å². The minimum atomic E-state index is -0.217. The van der Waals surface area contributed by atoms with Crippen molar-refractivity contribution in [2.75, 3.05) is 6.61 Å². The molecule has 0 unspecified atom stereocenters. The van der Waals surface area contributed by atoms with E-state index in [1.54, 1.807) is 0 Å². The molecule has 0 saturated heterocycles. The zero-order valence-electron chi connectivity index (χ0n) is 10.5. The van der Waals surface area contributed by atoms with E-state index in [9.17, 15) is 4.79 Å². The molecule has 0 radical (unpaired) electrons. The number of benzene rings is 1. The molecular formula is C14H22O2. The smallest absolute Gasteiger partial charge is 0.302 e. The monoisotopic (exact) mass is 222 g/mol. The van der Waals surface area contributed by atoms with Crippen LogP contribution in [-0.4, -0.2) is 12.6 Å². The van der Waals surface area contributed by atoms with Crippen LogP contribution in [0.15, 0.2) is 43.5 Å². The molecule has 90 valence electrons. The fraction of sp³-hybridized carbons (Fsp3) is 0.357. The van der Waals surface area contributed by atoms with E-state index in [0.717, 1.165) is 6.42 Å². The molecule has 1 aromatic rings.